The Hall–Kier alpha value is -1.09. The normalized spacial score (nSPS) is 9.70. The van der Waals surface area contributed by atoms with Crippen LogP contribution in [-0.2, 0) is 6.42 Å². The van der Waals surface area contributed by atoms with Crippen molar-refractivity contribution in [2.45, 2.75) is 6.42 Å². The number of rotatable bonds is 3. The van der Waals surface area contributed by atoms with Crippen LogP contribution in [0.2, 0.25) is 0 Å². The SMILES string of the molecule is O=Cc1[nH]ccc1CCO. The number of aliphatic hydroxyl groups is 1. The van der Waals surface area contributed by atoms with Crippen LogP contribution in [0.1, 0.15) is 16.1 Å². The Balaban J connectivity index is 2.79. The molecule has 3 heteroatoms. The predicted molar refractivity (Wildman–Crippen MR) is 37.0 cm³/mol. The second-order valence-electron chi connectivity index (χ2n) is 2.01. The maximum atomic E-state index is 10.3. The first kappa shape index (κ1) is 7.02. The zero-order chi connectivity index (χ0) is 7.40. The van der Waals surface area contributed by atoms with Crippen LogP contribution in [0.25, 0.3) is 0 Å². The number of nitrogens with one attached hydrogen (secondary N) is 1. The summed E-state index contributed by atoms with van der Waals surface area (Å²) < 4.78 is 0. The fourth-order valence-electron chi connectivity index (χ4n) is 0.863. The van der Waals surface area contributed by atoms with E-state index in [0.29, 0.717) is 12.1 Å². The molecule has 0 aliphatic heterocycles. The van der Waals surface area contributed by atoms with E-state index in [2.05, 4.69) is 4.98 Å². The Morgan fingerprint density at radius 3 is 3.10 bits per heavy atom. The zero-order valence-electron chi connectivity index (χ0n) is 5.50. The van der Waals surface area contributed by atoms with Crippen molar-refractivity contribution in [3.63, 3.8) is 0 Å². The molecule has 0 radical (unpaired) electrons. The number of aliphatic hydroxyl groups excluding tert-OH is 1. The molecule has 0 aliphatic carbocycles. The number of hydrogen-bond acceptors (Lipinski definition) is 2. The lowest BCUT2D eigenvalue weighted by Crippen LogP contribution is -1.93. The summed E-state index contributed by atoms with van der Waals surface area (Å²) >= 11 is 0. The molecule has 54 valence electrons. The van der Waals surface area contributed by atoms with Crippen molar-refractivity contribution in [1.29, 1.82) is 0 Å². The number of hydrogen-bond donors (Lipinski definition) is 2. The van der Waals surface area contributed by atoms with E-state index in [-0.39, 0.29) is 6.61 Å². The number of aldehydes is 1. The maximum Gasteiger partial charge on any atom is 0.166 e. The molecule has 1 heterocycles. The van der Waals surface area contributed by atoms with E-state index >= 15 is 0 Å². The molecular formula is C7H9NO2. The average Bonchev–Trinajstić information content (AvgIpc) is 2.36. The fraction of sp³-hybridized carbons (Fsp3) is 0.286. The Morgan fingerprint density at radius 1 is 1.70 bits per heavy atom. The second-order valence-corrected chi connectivity index (χ2v) is 2.01. The highest BCUT2D eigenvalue weighted by Gasteiger charge is 1.99. The Labute approximate surface area is 58.7 Å². The highest BCUT2D eigenvalue weighted by molar-refractivity contribution is 5.74. The number of aromatic nitrogens is 1. The molecule has 1 aromatic rings. The van der Waals surface area contributed by atoms with E-state index in [9.17, 15) is 4.79 Å². The Morgan fingerprint density at radius 2 is 2.50 bits per heavy atom. The topological polar surface area (TPSA) is 53.1 Å². The average molecular weight is 139 g/mol. The fourth-order valence-corrected chi connectivity index (χ4v) is 0.863. The third-order valence-electron chi connectivity index (χ3n) is 1.37. The summed E-state index contributed by atoms with van der Waals surface area (Å²) in [5.74, 6) is 0. The number of aromatic amines is 1. The summed E-state index contributed by atoms with van der Waals surface area (Å²) in [5, 5.41) is 8.53. The van der Waals surface area contributed by atoms with Gasteiger partial charge in [-0.15, -0.1) is 0 Å². The number of H-pyrrole nitrogens is 1. The van der Waals surface area contributed by atoms with Crippen LogP contribution in [0.15, 0.2) is 12.3 Å². The molecule has 0 saturated carbocycles. The van der Waals surface area contributed by atoms with Crippen molar-refractivity contribution >= 4 is 6.29 Å². The van der Waals surface area contributed by atoms with Crippen LogP contribution in [-0.4, -0.2) is 23.0 Å². The molecule has 0 atom stereocenters. The summed E-state index contributed by atoms with van der Waals surface area (Å²) in [5.41, 5.74) is 1.44. The molecule has 0 unspecified atom stereocenters. The molecule has 0 amide bonds. The lowest BCUT2D eigenvalue weighted by molar-refractivity contribution is 0.111. The second kappa shape index (κ2) is 3.17. The summed E-state index contributed by atoms with van der Waals surface area (Å²) in [7, 11) is 0. The molecule has 0 spiro atoms. The molecule has 0 fully saturated rings. The minimum atomic E-state index is 0.0820. The molecule has 3 nitrogen and oxygen atoms in total. The van der Waals surface area contributed by atoms with Gasteiger partial charge in [0.1, 0.15) is 0 Å². The quantitative estimate of drug-likeness (QED) is 0.594. The predicted octanol–water partition coefficient (Wildman–Crippen LogP) is 0.362. The van der Waals surface area contributed by atoms with Crippen LogP contribution in [0.5, 0.6) is 0 Å². The van der Waals surface area contributed by atoms with Gasteiger partial charge in [-0.3, -0.25) is 4.79 Å². The van der Waals surface area contributed by atoms with Crippen LogP contribution in [0, 0.1) is 0 Å². The summed E-state index contributed by atoms with van der Waals surface area (Å²) in [6, 6.07) is 1.79. The summed E-state index contributed by atoms with van der Waals surface area (Å²) in [6.45, 7) is 0.0820. The van der Waals surface area contributed by atoms with Crippen LogP contribution in [0.3, 0.4) is 0 Å². The van der Waals surface area contributed by atoms with Gasteiger partial charge in [-0.05, 0) is 18.1 Å². The van der Waals surface area contributed by atoms with Crippen molar-refractivity contribution in [2.75, 3.05) is 6.61 Å². The maximum absolute atomic E-state index is 10.3. The van der Waals surface area contributed by atoms with E-state index in [0.717, 1.165) is 11.8 Å². The minimum absolute atomic E-state index is 0.0820. The molecule has 0 saturated heterocycles. The molecule has 1 aromatic heterocycles. The third kappa shape index (κ3) is 1.25. The molecule has 1 rings (SSSR count). The van der Waals surface area contributed by atoms with Gasteiger partial charge in [0.2, 0.25) is 0 Å². The molecule has 0 aliphatic rings. The first-order chi connectivity index (χ1) is 4.88. The molecule has 10 heavy (non-hydrogen) atoms. The molecule has 2 N–H and O–H groups in total. The number of carbonyl (C=O) groups is 1. The van der Waals surface area contributed by atoms with Crippen molar-refractivity contribution in [3.8, 4) is 0 Å². The van der Waals surface area contributed by atoms with Gasteiger partial charge >= 0.3 is 0 Å². The summed E-state index contributed by atoms with van der Waals surface area (Å²) in [6.07, 6.45) is 2.98. The van der Waals surface area contributed by atoms with E-state index < -0.39 is 0 Å². The monoisotopic (exact) mass is 139 g/mol. The van der Waals surface area contributed by atoms with Crippen LogP contribution >= 0.6 is 0 Å². The lowest BCUT2D eigenvalue weighted by Gasteiger charge is -1.91. The van der Waals surface area contributed by atoms with Gasteiger partial charge in [0.25, 0.3) is 0 Å². The smallest absolute Gasteiger partial charge is 0.166 e. The third-order valence-corrected chi connectivity index (χ3v) is 1.37. The van der Waals surface area contributed by atoms with Gasteiger partial charge in [-0.25, -0.2) is 0 Å². The van der Waals surface area contributed by atoms with E-state index in [1.54, 1.807) is 12.3 Å². The van der Waals surface area contributed by atoms with Crippen molar-refractivity contribution in [1.82, 2.24) is 4.98 Å². The van der Waals surface area contributed by atoms with Gasteiger partial charge in [-0.1, -0.05) is 0 Å². The van der Waals surface area contributed by atoms with Crippen molar-refractivity contribution < 1.29 is 9.90 Å². The van der Waals surface area contributed by atoms with E-state index in [1.165, 1.54) is 0 Å². The zero-order valence-corrected chi connectivity index (χ0v) is 5.50. The van der Waals surface area contributed by atoms with Gasteiger partial charge in [0.15, 0.2) is 6.29 Å². The number of carbonyl (C=O) groups excluding carboxylic acids is 1. The summed E-state index contributed by atoms with van der Waals surface area (Å²) in [4.78, 5) is 13.0. The standard InChI is InChI=1S/C7H9NO2/c9-4-2-6-1-3-8-7(6)5-10/h1,3,5,8-9H,2,4H2. The van der Waals surface area contributed by atoms with Gasteiger partial charge in [0, 0.05) is 12.8 Å². The molecule has 0 bridgehead atoms. The molecule has 0 aromatic carbocycles. The van der Waals surface area contributed by atoms with Crippen molar-refractivity contribution in [3.05, 3.63) is 23.5 Å². The largest absolute Gasteiger partial charge is 0.396 e. The van der Waals surface area contributed by atoms with Crippen LogP contribution in [0.4, 0.5) is 0 Å². The van der Waals surface area contributed by atoms with Gasteiger partial charge < -0.3 is 10.1 Å². The lowest BCUT2D eigenvalue weighted by atomic mass is 10.2. The molecular weight excluding hydrogens is 130 g/mol. The Kier molecular flexibility index (Phi) is 2.23. The van der Waals surface area contributed by atoms with E-state index in [1.807, 2.05) is 0 Å². The van der Waals surface area contributed by atoms with Crippen molar-refractivity contribution in [2.24, 2.45) is 0 Å². The van der Waals surface area contributed by atoms with Gasteiger partial charge in [0.05, 0.1) is 5.69 Å². The highest BCUT2D eigenvalue weighted by Crippen LogP contribution is 2.03. The minimum Gasteiger partial charge on any atom is -0.396 e. The Bertz CT molecular complexity index is 217. The van der Waals surface area contributed by atoms with Crippen LogP contribution < -0.4 is 0 Å². The van der Waals surface area contributed by atoms with E-state index in [4.69, 9.17) is 5.11 Å². The highest BCUT2D eigenvalue weighted by atomic mass is 16.3. The first-order valence-corrected chi connectivity index (χ1v) is 3.10. The first-order valence-electron chi connectivity index (χ1n) is 3.10. The van der Waals surface area contributed by atoms with Gasteiger partial charge in [-0.2, -0.15) is 0 Å².